The van der Waals surface area contributed by atoms with Crippen molar-refractivity contribution in [3.05, 3.63) is 76.0 Å². The summed E-state index contributed by atoms with van der Waals surface area (Å²) in [6.45, 7) is 0. The molecule has 128 valence electrons. The van der Waals surface area contributed by atoms with Crippen LogP contribution >= 0.6 is 23.8 Å². The largest absolute Gasteiger partial charge is 0.507 e. The van der Waals surface area contributed by atoms with E-state index >= 15 is 0 Å². The predicted octanol–water partition coefficient (Wildman–Crippen LogP) is 5.00. The standard InChI is InChI=1S/C19H13ClN4OS/c20-14-8-5-13(6-9-14)18-22-23-19(26)24(18)21-11-16-15-4-2-1-3-12(15)7-10-17(16)25/h1-11,25H,(H,23,26)/b21-11+. The Labute approximate surface area is 159 Å². The lowest BCUT2D eigenvalue weighted by atomic mass is 10.0. The molecule has 0 radical (unpaired) electrons. The number of fused-ring (bicyclic) bond motifs is 1. The third-order valence-corrected chi connectivity index (χ3v) is 4.52. The van der Waals surface area contributed by atoms with E-state index in [1.54, 1.807) is 24.4 Å². The van der Waals surface area contributed by atoms with Gasteiger partial charge in [-0.25, -0.2) is 5.10 Å². The summed E-state index contributed by atoms with van der Waals surface area (Å²) < 4.78 is 1.87. The summed E-state index contributed by atoms with van der Waals surface area (Å²) in [6.07, 6.45) is 1.59. The van der Waals surface area contributed by atoms with E-state index in [-0.39, 0.29) is 5.75 Å². The molecule has 3 aromatic carbocycles. The number of aromatic nitrogens is 3. The lowest BCUT2D eigenvalue weighted by Gasteiger charge is -2.05. The zero-order valence-electron chi connectivity index (χ0n) is 13.4. The van der Waals surface area contributed by atoms with E-state index in [2.05, 4.69) is 15.3 Å². The second-order valence-electron chi connectivity index (χ2n) is 5.64. The highest BCUT2D eigenvalue weighted by Crippen LogP contribution is 2.26. The average Bonchev–Trinajstić information content (AvgIpc) is 3.02. The Hall–Kier alpha value is -2.96. The number of phenolic OH excluding ortho intramolecular Hbond substituents is 1. The molecule has 0 saturated carbocycles. The Morgan fingerprint density at radius 3 is 2.65 bits per heavy atom. The van der Waals surface area contributed by atoms with Crippen LogP contribution in [0.15, 0.2) is 65.8 Å². The number of aromatic hydroxyl groups is 1. The number of aromatic amines is 1. The van der Waals surface area contributed by atoms with E-state index in [4.69, 9.17) is 23.8 Å². The number of nitrogens with one attached hydrogen (secondary N) is 1. The van der Waals surface area contributed by atoms with Crippen LogP contribution in [-0.2, 0) is 0 Å². The number of hydrogen-bond donors (Lipinski definition) is 2. The minimum absolute atomic E-state index is 0.149. The molecule has 0 saturated heterocycles. The second kappa shape index (κ2) is 6.74. The first-order valence-corrected chi connectivity index (χ1v) is 8.60. The zero-order valence-corrected chi connectivity index (χ0v) is 15.0. The van der Waals surface area contributed by atoms with Gasteiger partial charge < -0.3 is 5.11 Å². The molecule has 0 bridgehead atoms. The molecule has 0 aliphatic rings. The normalized spacial score (nSPS) is 11.4. The first-order valence-electron chi connectivity index (χ1n) is 7.82. The van der Waals surface area contributed by atoms with Crippen LogP contribution in [0.25, 0.3) is 22.2 Å². The lowest BCUT2D eigenvalue weighted by molar-refractivity contribution is 0.475. The minimum Gasteiger partial charge on any atom is -0.507 e. The fourth-order valence-corrected chi connectivity index (χ4v) is 3.03. The molecule has 0 aliphatic carbocycles. The Bertz CT molecular complexity index is 1180. The van der Waals surface area contributed by atoms with Crippen molar-refractivity contribution in [3.63, 3.8) is 0 Å². The molecule has 0 atom stereocenters. The summed E-state index contributed by atoms with van der Waals surface area (Å²) in [5, 5.41) is 24.2. The van der Waals surface area contributed by atoms with Crippen LogP contribution in [0.2, 0.25) is 5.02 Å². The summed E-state index contributed by atoms with van der Waals surface area (Å²) >= 11 is 11.2. The number of phenols is 1. The maximum absolute atomic E-state index is 10.3. The molecule has 0 spiro atoms. The lowest BCUT2D eigenvalue weighted by Crippen LogP contribution is -1.96. The number of benzene rings is 3. The smallest absolute Gasteiger partial charge is 0.216 e. The molecule has 0 unspecified atom stereocenters. The van der Waals surface area contributed by atoms with Gasteiger partial charge in [0, 0.05) is 16.1 Å². The quantitative estimate of drug-likeness (QED) is 0.388. The van der Waals surface area contributed by atoms with Gasteiger partial charge in [0.05, 0.1) is 6.21 Å². The van der Waals surface area contributed by atoms with Crippen molar-refractivity contribution in [2.75, 3.05) is 0 Å². The third-order valence-electron chi connectivity index (χ3n) is 4.00. The molecule has 1 aromatic heterocycles. The Kier molecular flexibility index (Phi) is 4.28. The Balaban J connectivity index is 1.82. The van der Waals surface area contributed by atoms with Gasteiger partial charge in [0.2, 0.25) is 4.77 Å². The molecule has 7 heteroatoms. The van der Waals surface area contributed by atoms with Crippen molar-refractivity contribution < 1.29 is 5.11 Å². The van der Waals surface area contributed by atoms with Gasteiger partial charge in [-0.1, -0.05) is 41.9 Å². The maximum atomic E-state index is 10.3. The molecule has 0 amide bonds. The monoisotopic (exact) mass is 380 g/mol. The van der Waals surface area contributed by atoms with Gasteiger partial charge in [0.1, 0.15) is 5.75 Å². The van der Waals surface area contributed by atoms with Crippen molar-refractivity contribution >= 4 is 40.8 Å². The first kappa shape index (κ1) is 16.5. The van der Waals surface area contributed by atoms with E-state index in [9.17, 15) is 5.11 Å². The molecular formula is C19H13ClN4OS. The molecule has 26 heavy (non-hydrogen) atoms. The van der Waals surface area contributed by atoms with Crippen LogP contribution in [0.3, 0.4) is 0 Å². The van der Waals surface area contributed by atoms with Crippen LogP contribution in [0.5, 0.6) is 5.75 Å². The van der Waals surface area contributed by atoms with E-state index in [1.807, 2.05) is 42.5 Å². The fraction of sp³-hybridized carbons (Fsp3) is 0. The molecule has 4 aromatic rings. The van der Waals surface area contributed by atoms with Crippen molar-refractivity contribution in [1.29, 1.82) is 0 Å². The van der Waals surface area contributed by atoms with Gasteiger partial charge in [-0.05, 0) is 53.3 Å². The molecule has 4 rings (SSSR count). The van der Waals surface area contributed by atoms with E-state index in [1.165, 1.54) is 4.68 Å². The summed E-state index contributed by atoms with van der Waals surface area (Å²) in [4.78, 5) is 0. The highest BCUT2D eigenvalue weighted by molar-refractivity contribution is 7.71. The number of H-pyrrole nitrogens is 1. The third kappa shape index (κ3) is 3.00. The number of halogens is 1. The summed E-state index contributed by atoms with van der Waals surface area (Å²) in [5.74, 6) is 0.707. The van der Waals surface area contributed by atoms with Gasteiger partial charge >= 0.3 is 0 Å². The Morgan fingerprint density at radius 1 is 1.08 bits per heavy atom. The topological polar surface area (TPSA) is 66.2 Å². The summed E-state index contributed by atoms with van der Waals surface area (Å²) in [7, 11) is 0. The summed E-state index contributed by atoms with van der Waals surface area (Å²) in [5.41, 5.74) is 1.44. The first-order chi connectivity index (χ1) is 12.6. The predicted molar refractivity (Wildman–Crippen MR) is 106 cm³/mol. The molecule has 0 fully saturated rings. The number of hydrogen-bond acceptors (Lipinski definition) is 4. The van der Waals surface area contributed by atoms with E-state index in [0.29, 0.717) is 21.2 Å². The van der Waals surface area contributed by atoms with E-state index in [0.717, 1.165) is 16.3 Å². The molecular weight excluding hydrogens is 368 g/mol. The maximum Gasteiger partial charge on any atom is 0.216 e. The van der Waals surface area contributed by atoms with Crippen molar-refractivity contribution in [1.82, 2.24) is 14.9 Å². The van der Waals surface area contributed by atoms with Crippen molar-refractivity contribution in [2.45, 2.75) is 0 Å². The molecule has 0 aliphatic heterocycles. The number of nitrogens with zero attached hydrogens (tertiary/aromatic N) is 3. The van der Waals surface area contributed by atoms with Crippen LogP contribution in [-0.4, -0.2) is 26.2 Å². The highest BCUT2D eigenvalue weighted by atomic mass is 35.5. The highest BCUT2D eigenvalue weighted by Gasteiger charge is 2.09. The fourth-order valence-electron chi connectivity index (χ4n) is 2.72. The van der Waals surface area contributed by atoms with Gasteiger partial charge in [-0.3, -0.25) is 0 Å². The van der Waals surface area contributed by atoms with Gasteiger partial charge in [-0.2, -0.15) is 14.9 Å². The average molecular weight is 381 g/mol. The van der Waals surface area contributed by atoms with Gasteiger partial charge in [0.25, 0.3) is 0 Å². The van der Waals surface area contributed by atoms with Crippen LogP contribution in [0, 0.1) is 4.77 Å². The van der Waals surface area contributed by atoms with Crippen LogP contribution in [0.4, 0.5) is 0 Å². The second-order valence-corrected chi connectivity index (χ2v) is 6.46. The Morgan fingerprint density at radius 2 is 1.85 bits per heavy atom. The van der Waals surface area contributed by atoms with Crippen LogP contribution in [0.1, 0.15) is 5.56 Å². The van der Waals surface area contributed by atoms with Gasteiger partial charge in [0.15, 0.2) is 5.82 Å². The van der Waals surface area contributed by atoms with Gasteiger partial charge in [-0.15, -0.1) is 0 Å². The number of rotatable bonds is 3. The van der Waals surface area contributed by atoms with Crippen molar-refractivity contribution in [3.8, 4) is 17.1 Å². The molecule has 5 nitrogen and oxygen atoms in total. The summed E-state index contributed by atoms with van der Waals surface area (Å²) in [6, 6.07) is 18.5. The minimum atomic E-state index is 0.149. The van der Waals surface area contributed by atoms with Crippen molar-refractivity contribution in [2.24, 2.45) is 5.10 Å². The molecule has 1 heterocycles. The zero-order chi connectivity index (χ0) is 18.1. The van der Waals surface area contributed by atoms with Crippen LogP contribution < -0.4 is 0 Å². The molecule has 2 N–H and O–H groups in total. The van der Waals surface area contributed by atoms with E-state index < -0.39 is 0 Å². The SMILES string of the molecule is Oc1ccc2ccccc2c1/C=N/n1c(-c2ccc(Cl)cc2)n[nH]c1=S.